The molecule has 0 atom stereocenters. The minimum absolute atomic E-state index is 0.0450. The molecule has 0 unspecified atom stereocenters. The zero-order valence-electron chi connectivity index (χ0n) is 23.4. The Kier molecular flexibility index (Phi) is 6.17. The molecule has 6 aromatic carbocycles. The average molecular weight is 619 g/mol. The second-order valence-corrected chi connectivity index (χ2v) is 13.1. The lowest BCUT2D eigenvalue weighted by Crippen LogP contribution is -2.67. The maximum Gasteiger partial charge on any atom is 0.733 e. The van der Waals surface area contributed by atoms with Gasteiger partial charge in [-0.15, -0.1) is 0 Å². The summed E-state index contributed by atoms with van der Waals surface area (Å²) in [4.78, 5) is 0. The molecule has 1 spiro atoms. The van der Waals surface area contributed by atoms with Gasteiger partial charge in [-0.1, -0.05) is 84.9 Å². The van der Waals surface area contributed by atoms with Crippen LogP contribution in [0.15, 0.2) is 133 Å². The molecule has 0 fully saturated rings. The van der Waals surface area contributed by atoms with Crippen LogP contribution in [-0.4, -0.2) is 8.88 Å². The van der Waals surface area contributed by atoms with Crippen LogP contribution in [0.1, 0.15) is 0 Å². The van der Waals surface area contributed by atoms with Crippen molar-refractivity contribution in [3.63, 3.8) is 0 Å². The largest absolute Gasteiger partial charge is 0.733 e. The van der Waals surface area contributed by atoms with E-state index in [9.17, 15) is 17.6 Å². The fraction of sp³-hybridized carbons (Fsp3) is 0. The monoisotopic (exact) mass is 618 g/mol. The smallest absolute Gasteiger partial charge is 0.478 e. The number of hydrogen-bond acceptors (Lipinski definition) is 4. The SMILES string of the molecule is Fc1cc2c(cc1F)N(c1cccc(-c3ccccc3)c1)[Si]1(O2)Oc2cc(F)c(F)cc2N1c1cccc(-c2ccccc2)c1. The van der Waals surface area contributed by atoms with Gasteiger partial charge in [0.2, 0.25) is 0 Å². The molecule has 0 aromatic heterocycles. The van der Waals surface area contributed by atoms with Crippen LogP contribution < -0.4 is 18.0 Å². The van der Waals surface area contributed by atoms with E-state index in [0.29, 0.717) is 11.4 Å². The van der Waals surface area contributed by atoms with Crippen LogP contribution in [0.3, 0.4) is 0 Å². The topological polar surface area (TPSA) is 24.9 Å². The van der Waals surface area contributed by atoms with Crippen LogP contribution in [0.25, 0.3) is 22.3 Å². The van der Waals surface area contributed by atoms with Crippen molar-refractivity contribution in [2.24, 2.45) is 0 Å². The normalized spacial score (nSPS) is 14.2. The molecule has 220 valence electrons. The van der Waals surface area contributed by atoms with E-state index >= 15 is 0 Å². The van der Waals surface area contributed by atoms with Gasteiger partial charge in [0.1, 0.15) is 11.5 Å². The zero-order chi connectivity index (χ0) is 30.7. The standard InChI is InChI=1S/C36H22F4N2O2Si/c37-29-19-33-35(21-31(29)39)43-45(41(33)27-15-7-13-25(17-27)23-9-3-1-4-10-23)42(34-20-30(38)32(40)22-36(34)44-45)28-16-8-14-26(18-28)24-11-5-2-6-12-24/h1-22H. The van der Waals surface area contributed by atoms with E-state index in [1.807, 2.05) is 109 Å². The Hall–Kier alpha value is -5.54. The minimum Gasteiger partial charge on any atom is -0.478 e. The van der Waals surface area contributed by atoms with E-state index in [1.54, 1.807) is 9.13 Å². The highest BCUT2D eigenvalue weighted by Crippen LogP contribution is 2.55. The molecule has 0 radical (unpaired) electrons. The van der Waals surface area contributed by atoms with Crippen molar-refractivity contribution in [3.05, 3.63) is 157 Å². The molecule has 0 N–H and O–H groups in total. The van der Waals surface area contributed by atoms with Crippen molar-refractivity contribution < 1.29 is 26.4 Å². The van der Waals surface area contributed by atoms with E-state index in [4.69, 9.17) is 8.85 Å². The number of benzene rings is 6. The Bertz CT molecular complexity index is 1950. The van der Waals surface area contributed by atoms with Gasteiger partial charge in [-0.05, 0) is 46.5 Å². The number of nitrogens with zero attached hydrogens (tertiary/aromatic N) is 2. The molecule has 2 heterocycles. The van der Waals surface area contributed by atoms with Gasteiger partial charge < -0.3 is 8.85 Å². The van der Waals surface area contributed by atoms with Gasteiger partial charge in [0.05, 0.1) is 11.4 Å². The van der Waals surface area contributed by atoms with E-state index in [0.717, 1.165) is 46.5 Å². The average Bonchev–Trinajstić information content (AvgIpc) is 3.54. The Balaban J connectivity index is 1.38. The zero-order valence-corrected chi connectivity index (χ0v) is 24.4. The molecule has 0 amide bonds. The lowest BCUT2D eigenvalue weighted by molar-refractivity contribution is 0.408. The molecular weight excluding hydrogens is 596 g/mol. The van der Waals surface area contributed by atoms with Crippen molar-refractivity contribution in [2.75, 3.05) is 9.13 Å². The Labute approximate surface area is 257 Å². The summed E-state index contributed by atoms with van der Waals surface area (Å²) >= 11 is 0. The summed E-state index contributed by atoms with van der Waals surface area (Å²) in [6.45, 7) is 0. The van der Waals surface area contributed by atoms with Crippen LogP contribution in [0.2, 0.25) is 0 Å². The van der Waals surface area contributed by atoms with Gasteiger partial charge >= 0.3 is 8.88 Å². The number of halogens is 4. The molecule has 0 aliphatic carbocycles. The first kappa shape index (κ1) is 27.0. The molecular formula is C36H22F4N2O2Si. The van der Waals surface area contributed by atoms with Crippen LogP contribution in [-0.2, 0) is 0 Å². The van der Waals surface area contributed by atoms with E-state index < -0.39 is 32.2 Å². The summed E-state index contributed by atoms with van der Waals surface area (Å²) in [5.41, 5.74) is 5.17. The van der Waals surface area contributed by atoms with Crippen LogP contribution in [0.5, 0.6) is 11.5 Å². The van der Waals surface area contributed by atoms with Crippen molar-refractivity contribution >= 4 is 31.6 Å². The number of anilines is 4. The first-order valence-electron chi connectivity index (χ1n) is 14.2. The molecule has 45 heavy (non-hydrogen) atoms. The highest BCUT2D eigenvalue weighted by atomic mass is 28.4. The lowest BCUT2D eigenvalue weighted by Gasteiger charge is -2.36. The quantitative estimate of drug-likeness (QED) is 0.145. The number of hydrogen-bond donors (Lipinski definition) is 0. The molecule has 0 saturated heterocycles. The number of rotatable bonds is 4. The molecule has 9 heteroatoms. The van der Waals surface area contributed by atoms with Crippen LogP contribution in [0.4, 0.5) is 40.3 Å². The van der Waals surface area contributed by atoms with Crippen molar-refractivity contribution in [2.45, 2.75) is 0 Å². The molecule has 6 aromatic rings. The van der Waals surface area contributed by atoms with Crippen LogP contribution >= 0.6 is 0 Å². The second-order valence-electron chi connectivity index (χ2n) is 10.7. The summed E-state index contributed by atoms with van der Waals surface area (Å²) in [6, 6.07) is 38.4. The molecule has 4 nitrogen and oxygen atoms in total. The van der Waals surface area contributed by atoms with Gasteiger partial charge in [-0.2, -0.15) is 0 Å². The van der Waals surface area contributed by atoms with Crippen molar-refractivity contribution in [1.82, 2.24) is 0 Å². The molecule has 0 bridgehead atoms. The first-order valence-corrected chi connectivity index (χ1v) is 15.9. The third-order valence-electron chi connectivity index (χ3n) is 7.96. The van der Waals surface area contributed by atoms with Crippen LogP contribution in [0, 0.1) is 23.3 Å². The van der Waals surface area contributed by atoms with Gasteiger partial charge in [0.25, 0.3) is 0 Å². The molecule has 2 aliphatic heterocycles. The highest BCUT2D eigenvalue weighted by Gasteiger charge is 2.68. The van der Waals surface area contributed by atoms with Gasteiger partial charge in [-0.25, -0.2) is 17.6 Å². The lowest BCUT2D eigenvalue weighted by atomic mass is 10.1. The highest BCUT2D eigenvalue weighted by molar-refractivity contribution is 6.81. The Morgan fingerprint density at radius 2 is 0.778 bits per heavy atom. The van der Waals surface area contributed by atoms with Crippen molar-refractivity contribution in [3.8, 4) is 33.8 Å². The predicted molar refractivity (Wildman–Crippen MR) is 168 cm³/mol. The Morgan fingerprint density at radius 1 is 0.400 bits per heavy atom. The van der Waals surface area contributed by atoms with E-state index in [2.05, 4.69) is 0 Å². The summed E-state index contributed by atoms with van der Waals surface area (Å²) in [5.74, 6) is -4.24. The summed E-state index contributed by atoms with van der Waals surface area (Å²) in [6.07, 6.45) is 0. The third kappa shape index (κ3) is 4.35. The molecule has 0 saturated carbocycles. The maximum absolute atomic E-state index is 14.9. The van der Waals surface area contributed by atoms with Gasteiger partial charge in [-0.3, -0.25) is 9.13 Å². The summed E-state index contributed by atoms with van der Waals surface area (Å²) in [7, 11) is -4.16. The molecule has 8 rings (SSSR count). The maximum atomic E-state index is 14.9. The predicted octanol–water partition coefficient (Wildman–Crippen LogP) is 9.77. The third-order valence-corrected chi connectivity index (χ3v) is 11.1. The van der Waals surface area contributed by atoms with Gasteiger partial charge in [0, 0.05) is 35.6 Å². The van der Waals surface area contributed by atoms with Gasteiger partial charge in [0.15, 0.2) is 23.3 Å². The van der Waals surface area contributed by atoms with Crippen molar-refractivity contribution in [1.29, 1.82) is 0 Å². The van der Waals surface area contributed by atoms with E-state index in [-0.39, 0.29) is 22.9 Å². The fourth-order valence-electron chi connectivity index (χ4n) is 5.96. The number of fused-ring (bicyclic) bond motifs is 2. The second kappa shape index (κ2) is 10.3. The first-order chi connectivity index (χ1) is 21.9. The summed E-state index contributed by atoms with van der Waals surface area (Å²) in [5, 5.41) is 0. The summed E-state index contributed by atoms with van der Waals surface area (Å²) < 4.78 is 75.8. The van der Waals surface area contributed by atoms with E-state index in [1.165, 1.54) is 0 Å². The fourth-order valence-corrected chi connectivity index (χ4v) is 9.35. The molecule has 2 aliphatic rings. The Morgan fingerprint density at radius 3 is 1.20 bits per heavy atom. The minimum atomic E-state index is -4.16.